The average Bonchev–Trinajstić information content (AvgIpc) is 3.37. The van der Waals surface area contributed by atoms with Crippen LogP contribution in [0.2, 0.25) is 0 Å². The molecular weight excluding hydrogens is 336 g/mol. The molecule has 7 heteroatoms. The lowest BCUT2D eigenvalue weighted by Gasteiger charge is -2.28. The fourth-order valence-corrected chi connectivity index (χ4v) is 3.19. The topological polar surface area (TPSA) is 72.2 Å². The van der Waals surface area contributed by atoms with E-state index in [4.69, 9.17) is 13.9 Å². The SMILES string of the molecule is COc1ccc(N(C)C(=O)[C@@H]2CCCN2C(=O)c2ccco2)cc1OC. The summed E-state index contributed by atoms with van der Waals surface area (Å²) in [6.07, 6.45) is 2.86. The number of amides is 2. The summed E-state index contributed by atoms with van der Waals surface area (Å²) in [5.74, 6) is 0.979. The van der Waals surface area contributed by atoms with Crippen molar-refractivity contribution in [2.75, 3.05) is 32.7 Å². The first-order valence-corrected chi connectivity index (χ1v) is 8.41. The molecule has 1 aromatic carbocycles. The van der Waals surface area contributed by atoms with Crippen LogP contribution in [0.1, 0.15) is 23.4 Å². The maximum atomic E-state index is 13.0. The fraction of sp³-hybridized carbons (Fsp3) is 0.368. The Labute approximate surface area is 152 Å². The number of carbonyl (C=O) groups excluding carboxylic acids is 2. The zero-order chi connectivity index (χ0) is 18.7. The summed E-state index contributed by atoms with van der Waals surface area (Å²) in [6, 6.07) is 8.04. The zero-order valence-corrected chi connectivity index (χ0v) is 15.1. The molecule has 0 N–H and O–H groups in total. The Kier molecular flexibility index (Phi) is 5.16. The van der Waals surface area contributed by atoms with E-state index < -0.39 is 6.04 Å². The van der Waals surface area contributed by atoms with Crippen LogP contribution in [-0.4, -0.2) is 50.6 Å². The number of benzene rings is 1. The van der Waals surface area contributed by atoms with Crippen molar-refractivity contribution in [3.63, 3.8) is 0 Å². The molecule has 2 heterocycles. The Morgan fingerprint density at radius 3 is 2.62 bits per heavy atom. The molecule has 1 aliphatic rings. The van der Waals surface area contributed by atoms with E-state index in [9.17, 15) is 9.59 Å². The van der Waals surface area contributed by atoms with Crippen molar-refractivity contribution in [3.05, 3.63) is 42.4 Å². The van der Waals surface area contributed by atoms with Gasteiger partial charge >= 0.3 is 0 Å². The predicted octanol–water partition coefficient (Wildman–Crippen LogP) is 2.56. The number of nitrogens with zero attached hydrogens (tertiary/aromatic N) is 2. The minimum atomic E-state index is -0.509. The van der Waals surface area contributed by atoms with E-state index in [0.717, 1.165) is 6.42 Å². The van der Waals surface area contributed by atoms with Gasteiger partial charge in [0.2, 0.25) is 5.91 Å². The molecule has 1 aromatic heterocycles. The highest BCUT2D eigenvalue weighted by Crippen LogP contribution is 2.32. The van der Waals surface area contributed by atoms with Gasteiger partial charge in [0, 0.05) is 25.3 Å². The molecule has 7 nitrogen and oxygen atoms in total. The van der Waals surface area contributed by atoms with Crippen LogP contribution in [0.4, 0.5) is 5.69 Å². The largest absolute Gasteiger partial charge is 0.493 e. The summed E-state index contributed by atoms with van der Waals surface area (Å²) in [4.78, 5) is 28.7. The zero-order valence-electron chi connectivity index (χ0n) is 15.1. The van der Waals surface area contributed by atoms with Crippen LogP contribution >= 0.6 is 0 Å². The van der Waals surface area contributed by atoms with Crippen molar-refractivity contribution in [3.8, 4) is 11.5 Å². The Bertz CT molecular complexity index is 787. The number of hydrogen-bond acceptors (Lipinski definition) is 5. The molecule has 1 fully saturated rings. The third-order valence-electron chi connectivity index (χ3n) is 4.62. The lowest BCUT2D eigenvalue weighted by Crippen LogP contribution is -2.46. The van der Waals surface area contributed by atoms with Gasteiger partial charge in [0.1, 0.15) is 6.04 Å². The molecule has 0 radical (unpaired) electrons. The highest BCUT2D eigenvalue weighted by Gasteiger charge is 2.37. The second-order valence-corrected chi connectivity index (χ2v) is 6.07. The number of likely N-dealkylation sites (N-methyl/N-ethyl adjacent to an activating group) is 1. The number of hydrogen-bond donors (Lipinski definition) is 0. The molecule has 0 saturated carbocycles. The van der Waals surface area contributed by atoms with Gasteiger partial charge < -0.3 is 23.7 Å². The number of carbonyl (C=O) groups is 2. The summed E-state index contributed by atoms with van der Waals surface area (Å²) >= 11 is 0. The Hall–Kier alpha value is -2.96. The quantitative estimate of drug-likeness (QED) is 0.821. The third-order valence-corrected chi connectivity index (χ3v) is 4.62. The predicted molar refractivity (Wildman–Crippen MR) is 95.7 cm³/mol. The summed E-state index contributed by atoms with van der Waals surface area (Å²) in [6.45, 7) is 0.537. The van der Waals surface area contributed by atoms with Gasteiger partial charge in [-0.05, 0) is 37.1 Å². The van der Waals surface area contributed by atoms with E-state index in [0.29, 0.717) is 30.2 Å². The smallest absolute Gasteiger partial charge is 0.290 e. The highest BCUT2D eigenvalue weighted by atomic mass is 16.5. The van der Waals surface area contributed by atoms with Crippen molar-refractivity contribution in [1.82, 2.24) is 4.90 Å². The van der Waals surface area contributed by atoms with Crippen molar-refractivity contribution >= 4 is 17.5 Å². The minimum absolute atomic E-state index is 0.144. The molecule has 0 bridgehead atoms. The van der Waals surface area contributed by atoms with Crippen LogP contribution < -0.4 is 14.4 Å². The fourth-order valence-electron chi connectivity index (χ4n) is 3.19. The molecule has 0 unspecified atom stereocenters. The number of likely N-dealkylation sites (tertiary alicyclic amines) is 1. The number of ether oxygens (including phenoxy) is 2. The van der Waals surface area contributed by atoms with Gasteiger partial charge in [-0.1, -0.05) is 0 Å². The summed E-state index contributed by atoms with van der Waals surface area (Å²) < 4.78 is 15.7. The molecule has 1 atom stereocenters. The first-order valence-electron chi connectivity index (χ1n) is 8.41. The molecule has 0 aliphatic carbocycles. The van der Waals surface area contributed by atoms with Crippen LogP contribution in [-0.2, 0) is 4.79 Å². The van der Waals surface area contributed by atoms with Gasteiger partial charge in [-0.3, -0.25) is 9.59 Å². The molecule has 2 amide bonds. The van der Waals surface area contributed by atoms with Crippen molar-refractivity contribution in [2.24, 2.45) is 0 Å². The molecule has 26 heavy (non-hydrogen) atoms. The molecule has 138 valence electrons. The number of anilines is 1. The van der Waals surface area contributed by atoms with E-state index in [-0.39, 0.29) is 17.6 Å². The maximum absolute atomic E-state index is 13.0. The lowest BCUT2D eigenvalue weighted by atomic mass is 10.1. The van der Waals surface area contributed by atoms with Gasteiger partial charge in [0.05, 0.1) is 20.5 Å². The number of furan rings is 1. The minimum Gasteiger partial charge on any atom is -0.493 e. The lowest BCUT2D eigenvalue weighted by molar-refractivity contribution is -0.122. The summed E-state index contributed by atoms with van der Waals surface area (Å²) in [5, 5.41) is 0. The van der Waals surface area contributed by atoms with Crippen molar-refractivity contribution < 1.29 is 23.5 Å². The second kappa shape index (κ2) is 7.51. The molecule has 1 saturated heterocycles. The van der Waals surface area contributed by atoms with Crippen molar-refractivity contribution in [2.45, 2.75) is 18.9 Å². The van der Waals surface area contributed by atoms with E-state index in [1.165, 1.54) is 6.26 Å². The standard InChI is InChI=1S/C19H22N2O5/c1-20(13-8-9-15(24-2)17(12-13)25-3)18(22)14-6-4-10-21(14)19(23)16-7-5-11-26-16/h5,7-9,11-12,14H,4,6,10H2,1-3H3/t14-/m0/s1. The average molecular weight is 358 g/mol. The summed E-state index contributed by atoms with van der Waals surface area (Å²) in [7, 11) is 4.80. The number of methoxy groups -OCH3 is 2. The monoisotopic (exact) mass is 358 g/mol. The first kappa shape index (κ1) is 17.8. The van der Waals surface area contributed by atoms with Crippen LogP contribution in [0.25, 0.3) is 0 Å². The Morgan fingerprint density at radius 2 is 1.96 bits per heavy atom. The van der Waals surface area contributed by atoms with Gasteiger partial charge in [0.25, 0.3) is 5.91 Å². The van der Waals surface area contributed by atoms with Crippen LogP contribution in [0.15, 0.2) is 41.0 Å². The third kappa shape index (κ3) is 3.24. The van der Waals surface area contributed by atoms with Crippen LogP contribution in [0, 0.1) is 0 Å². The molecule has 0 spiro atoms. The maximum Gasteiger partial charge on any atom is 0.290 e. The molecular formula is C19H22N2O5. The van der Waals surface area contributed by atoms with Gasteiger partial charge in [-0.2, -0.15) is 0 Å². The number of rotatable bonds is 5. The van der Waals surface area contributed by atoms with Gasteiger partial charge in [0.15, 0.2) is 17.3 Å². The van der Waals surface area contributed by atoms with Crippen molar-refractivity contribution in [1.29, 1.82) is 0 Å². The van der Waals surface area contributed by atoms with E-state index in [1.54, 1.807) is 61.4 Å². The van der Waals surface area contributed by atoms with Crippen LogP contribution in [0.3, 0.4) is 0 Å². The normalized spacial score (nSPS) is 16.4. The highest BCUT2D eigenvalue weighted by molar-refractivity contribution is 6.01. The Balaban J connectivity index is 1.80. The van der Waals surface area contributed by atoms with E-state index >= 15 is 0 Å². The van der Waals surface area contributed by atoms with Gasteiger partial charge in [-0.15, -0.1) is 0 Å². The summed E-state index contributed by atoms with van der Waals surface area (Å²) in [5.41, 5.74) is 0.671. The molecule has 3 rings (SSSR count). The first-order chi connectivity index (χ1) is 12.6. The molecule has 2 aromatic rings. The van der Waals surface area contributed by atoms with Gasteiger partial charge in [-0.25, -0.2) is 0 Å². The van der Waals surface area contributed by atoms with E-state index in [1.807, 2.05) is 0 Å². The van der Waals surface area contributed by atoms with Crippen LogP contribution in [0.5, 0.6) is 11.5 Å². The molecule has 1 aliphatic heterocycles. The Morgan fingerprint density at radius 1 is 1.19 bits per heavy atom. The second-order valence-electron chi connectivity index (χ2n) is 6.07. The van der Waals surface area contributed by atoms with E-state index in [2.05, 4.69) is 0 Å².